The van der Waals surface area contributed by atoms with Gasteiger partial charge in [-0.15, -0.1) is 0 Å². The van der Waals surface area contributed by atoms with Crippen LogP contribution < -0.4 is 16.6 Å². The van der Waals surface area contributed by atoms with Gasteiger partial charge in [-0.1, -0.05) is 20.8 Å². The number of carbonyl (C=O) groups excluding carboxylic acids is 1. The Balaban J connectivity index is 1.95. The second-order valence-electron chi connectivity index (χ2n) is 8.30. The number of hydrogen-bond donors (Lipinski definition) is 2. The van der Waals surface area contributed by atoms with Crippen molar-refractivity contribution in [3.05, 3.63) is 38.2 Å². The van der Waals surface area contributed by atoms with E-state index in [1.807, 2.05) is 20.8 Å². The van der Waals surface area contributed by atoms with Crippen molar-refractivity contribution < 1.29 is 13.6 Å². The molecule has 10 heteroatoms. The lowest BCUT2D eigenvalue weighted by Crippen LogP contribution is -2.46. The van der Waals surface area contributed by atoms with E-state index in [2.05, 4.69) is 15.3 Å². The lowest BCUT2D eigenvalue weighted by atomic mass is 10.0. The average Bonchev–Trinajstić information content (AvgIpc) is 2.71. The minimum atomic E-state index is -2.38. The van der Waals surface area contributed by atoms with E-state index in [1.165, 1.54) is 4.57 Å². The van der Waals surface area contributed by atoms with Crippen LogP contribution in [-0.4, -0.2) is 57.4 Å². The molecule has 0 aromatic carbocycles. The number of hydrogen-bond acceptors (Lipinski definition) is 5. The van der Waals surface area contributed by atoms with Gasteiger partial charge in [-0.25, -0.2) is 18.6 Å². The van der Waals surface area contributed by atoms with E-state index in [0.717, 1.165) is 0 Å². The van der Waals surface area contributed by atoms with Crippen LogP contribution in [0.25, 0.3) is 11.0 Å². The highest BCUT2D eigenvalue weighted by atomic mass is 19.3. The molecule has 2 N–H and O–H groups in total. The standard InChI is InChI=1S/C21H29F2N5O3/c1-4-7-28-18-17(20(30)26-21(28)31)14(10-15(25-18)12(2)3)19(29)24-13-5-8-27(9-6-13)11-16(22)23/h10,12-13,16H,4-9,11H2,1-3H3,(H,24,29)(H,26,30,31). The molecule has 0 aliphatic carbocycles. The van der Waals surface area contributed by atoms with Gasteiger partial charge in [-0.05, 0) is 31.2 Å². The summed E-state index contributed by atoms with van der Waals surface area (Å²) in [5, 5.41) is 3.03. The fourth-order valence-corrected chi connectivity index (χ4v) is 3.92. The maximum Gasteiger partial charge on any atom is 0.329 e. The lowest BCUT2D eigenvalue weighted by molar-refractivity contribution is 0.0696. The molecule has 0 bridgehead atoms. The molecule has 1 aliphatic heterocycles. The molecule has 31 heavy (non-hydrogen) atoms. The number of nitrogens with one attached hydrogen (secondary N) is 2. The molecule has 170 valence electrons. The first-order chi connectivity index (χ1) is 14.7. The van der Waals surface area contributed by atoms with Gasteiger partial charge in [0, 0.05) is 31.4 Å². The molecule has 1 saturated heterocycles. The summed E-state index contributed by atoms with van der Waals surface area (Å²) < 4.78 is 26.5. The molecule has 3 heterocycles. The van der Waals surface area contributed by atoms with Crippen molar-refractivity contribution in [3.63, 3.8) is 0 Å². The number of rotatable bonds is 7. The zero-order chi connectivity index (χ0) is 22.7. The molecular formula is C21H29F2N5O3. The summed E-state index contributed by atoms with van der Waals surface area (Å²) in [5.41, 5.74) is -0.203. The van der Waals surface area contributed by atoms with Crippen molar-refractivity contribution in [3.8, 4) is 0 Å². The maximum atomic E-state index is 13.2. The Morgan fingerprint density at radius 2 is 1.97 bits per heavy atom. The minimum Gasteiger partial charge on any atom is -0.349 e. The Kier molecular flexibility index (Phi) is 7.19. The largest absolute Gasteiger partial charge is 0.349 e. The van der Waals surface area contributed by atoms with Crippen LogP contribution in [0.2, 0.25) is 0 Å². The number of alkyl halides is 2. The molecule has 0 radical (unpaired) electrons. The molecule has 3 rings (SSSR count). The Hall–Kier alpha value is -2.62. The van der Waals surface area contributed by atoms with E-state index in [-0.39, 0.29) is 35.1 Å². The summed E-state index contributed by atoms with van der Waals surface area (Å²) in [7, 11) is 0. The highest BCUT2D eigenvalue weighted by molar-refractivity contribution is 6.05. The number of piperidine rings is 1. The quantitative estimate of drug-likeness (QED) is 0.691. The second-order valence-corrected chi connectivity index (χ2v) is 8.30. The first-order valence-electron chi connectivity index (χ1n) is 10.7. The van der Waals surface area contributed by atoms with Gasteiger partial charge in [-0.3, -0.25) is 24.0 Å². The van der Waals surface area contributed by atoms with E-state index in [0.29, 0.717) is 44.6 Å². The predicted molar refractivity (Wildman–Crippen MR) is 114 cm³/mol. The minimum absolute atomic E-state index is 0.0157. The van der Waals surface area contributed by atoms with Gasteiger partial charge in [0.1, 0.15) is 0 Å². The average molecular weight is 437 g/mol. The van der Waals surface area contributed by atoms with Crippen molar-refractivity contribution in [1.29, 1.82) is 0 Å². The monoisotopic (exact) mass is 437 g/mol. The Bertz CT molecular complexity index is 1060. The normalized spacial score (nSPS) is 15.8. The van der Waals surface area contributed by atoms with E-state index in [9.17, 15) is 23.2 Å². The van der Waals surface area contributed by atoms with Gasteiger partial charge >= 0.3 is 5.69 Å². The molecule has 0 unspecified atom stereocenters. The van der Waals surface area contributed by atoms with E-state index in [1.54, 1.807) is 11.0 Å². The number of aromatic amines is 1. The van der Waals surface area contributed by atoms with Crippen molar-refractivity contribution in [2.45, 2.75) is 65.0 Å². The van der Waals surface area contributed by atoms with Crippen LogP contribution in [0.1, 0.15) is 62.0 Å². The molecule has 8 nitrogen and oxygen atoms in total. The summed E-state index contributed by atoms with van der Waals surface area (Å²) in [4.78, 5) is 46.6. The number of halogens is 2. The van der Waals surface area contributed by atoms with E-state index >= 15 is 0 Å². The van der Waals surface area contributed by atoms with Gasteiger partial charge in [0.25, 0.3) is 17.9 Å². The maximum absolute atomic E-state index is 13.2. The number of amides is 1. The highest BCUT2D eigenvalue weighted by Gasteiger charge is 2.25. The van der Waals surface area contributed by atoms with Crippen LogP contribution in [0.4, 0.5) is 8.78 Å². The summed E-state index contributed by atoms with van der Waals surface area (Å²) in [5.74, 6) is -0.438. The van der Waals surface area contributed by atoms with Crippen LogP contribution >= 0.6 is 0 Å². The number of aryl methyl sites for hydroxylation is 1. The number of H-pyrrole nitrogens is 1. The summed E-state index contributed by atoms with van der Waals surface area (Å²) in [6, 6.07) is 1.43. The summed E-state index contributed by atoms with van der Waals surface area (Å²) >= 11 is 0. The van der Waals surface area contributed by atoms with Crippen LogP contribution in [-0.2, 0) is 6.54 Å². The van der Waals surface area contributed by atoms with Crippen LogP contribution in [0.15, 0.2) is 15.7 Å². The molecule has 1 aliphatic rings. The van der Waals surface area contributed by atoms with Gasteiger partial charge in [0.15, 0.2) is 5.65 Å². The number of pyridine rings is 1. The molecule has 0 atom stereocenters. The number of fused-ring (bicyclic) bond motifs is 1. The van der Waals surface area contributed by atoms with Crippen LogP contribution in [0.5, 0.6) is 0 Å². The molecule has 2 aromatic rings. The predicted octanol–water partition coefficient (Wildman–Crippen LogP) is 2.08. The molecule has 2 aromatic heterocycles. The Morgan fingerprint density at radius 1 is 1.29 bits per heavy atom. The van der Waals surface area contributed by atoms with Gasteiger partial charge in [0.2, 0.25) is 0 Å². The van der Waals surface area contributed by atoms with Crippen molar-refractivity contribution >= 4 is 16.9 Å². The number of nitrogens with zero attached hydrogens (tertiary/aromatic N) is 3. The topological polar surface area (TPSA) is 100 Å². The SMILES string of the molecule is CCCn1c(=O)[nH]c(=O)c2c(C(=O)NC3CCN(CC(F)F)CC3)cc(C(C)C)nc21. The third-order valence-corrected chi connectivity index (χ3v) is 5.57. The van der Waals surface area contributed by atoms with Gasteiger partial charge < -0.3 is 5.32 Å². The number of likely N-dealkylation sites (tertiary alicyclic amines) is 1. The molecule has 0 saturated carbocycles. The smallest absolute Gasteiger partial charge is 0.329 e. The first kappa shape index (κ1) is 23.1. The van der Waals surface area contributed by atoms with Gasteiger partial charge in [-0.2, -0.15) is 0 Å². The number of aromatic nitrogens is 3. The zero-order valence-electron chi connectivity index (χ0n) is 18.1. The van der Waals surface area contributed by atoms with Crippen molar-refractivity contribution in [2.24, 2.45) is 0 Å². The fourth-order valence-electron chi connectivity index (χ4n) is 3.92. The number of carbonyl (C=O) groups is 1. The Labute approximate surface area is 178 Å². The van der Waals surface area contributed by atoms with E-state index in [4.69, 9.17) is 0 Å². The highest BCUT2D eigenvalue weighted by Crippen LogP contribution is 2.21. The molecule has 0 spiro atoms. The third-order valence-electron chi connectivity index (χ3n) is 5.57. The summed E-state index contributed by atoms with van der Waals surface area (Å²) in [6.45, 7) is 6.79. The Morgan fingerprint density at radius 3 is 2.55 bits per heavy atom. The lowest BCUT2D eigenvalue weighted by Gasteiger charge is -2.32. The van der Waals surface area contributed by atoms with Crippen LogP contribution in [0, 0.1) is 0 Å². The molecule has 1 amide bonds. The molecular weight excluding hydrogens is 408 g/mol. The van der Waals surface area contributed by atoms with E-state index < -0.39 is 23.6 Å². The summed E-state index contributed by atoms with van der Waals surface area (Å²) in [6.07, 6.45) is -0.616. The fraction of sp³-hybridized carbons (Fsp3) is 0.619. The third kappa shape index (κ3) is 5.17. The van der Waals surface area contributed by atoms with Crippen molar-refractivity contribution in [2.75, 3.05) is 19.6 Å². The first-order valence-corrected chi connectivity index (χ1v) is 10.7. The van der Waals surface area contributed by atoms with Gasteiger partial charge in [0.05, 0.1) is 17.5 Å². The zero-order valence-corrected chi connectivity index (χ0v) is 18.1. The van der Waals surface area contributed by atoms with Crippen molar-refractivity contribution in [1.82, 2.24) is 24.8 Å². The second kappa shape index (κ2) is 9.67. The molecule has 1 fully saturated rings. The van der Waals surface area contributed by atoms with Crippen LogP contribution in [0.3, 0.4) is 0 Å².